The van der Waals surface area contributed by atoms with Crippen molar-refractivity contribution >= 4 is 35.0 Å². The molecule has 0 aliphatic heterocycles. The number of benzene rings is 1. The highest BCUT2D eigenvalue weighted by molar-refractivity contribution is 7.80. The Bertz CT molecular complexity index is 562. The number of nitro benzene ring substituents is 1. The quantitative estimate of drug-likeness (QED) is 0.412. The van der Waals surface area contributed by atoms with Gasteiger partial charge in [0, 0.05) is 17.7 Å². The van der Waals surface area contributed by atoms with Crippen molar-refractivity contribution in [2.45, 2.75) is 0 Å². The van der Waals surface area contributed by atoms with Gasteiger partial charge in [-0.3, -0.25) is 25.7 Å². The normalized spacial score (nSPS) is 9.25. The highest BCUT2D eigenvalue weighted by Gasteiger charge is 2.12. The molecule has 1 rings (SSSR count). The van der Waals surface area contributed by atoms with Crippen LogP contribution in [0, 0.1) is 10.1 Å². The van der Waals surface area contributed by atoms with Crippen LogP contribution in [-0.4, -0.2) is 29.1 Å². The number of thiocarbonyl (C=S) groups is 1. The zero-order valence-electron chi connectivity index (χ0n) is 10.2. The Labute approximate surface area is 118 Å². The van der Waals surface area contributed by atoms with Gasteiger partial charge in [-0.05, 0) is 18.3 Å². The number of rotatable bonds is 2. The Morgan fingerprint density at radius 1 is 1.35 bits per heavy atom. The minimum absolute atomic E-state index is 0.0569. The number of nitrogens with one attached hydrogen (secondary N) is 3. The zero-order valence-corrected chi connectivity index (χ0v) is 11.0. The van der Waals surface area contributed by atoms with Gasteiger partial charge >= 0.3 is 6.09 Å². The van der Waals surface area contributed by atoms with Crippen molar-refractivity contribution < 1.29 is 19.2 Å². The van der Waals surface area contributed by atoms with Crippen molar-refractivity contribution in [2.75, 3.05) is 7.11 Å². The fraction of sp³-hybridized carbons (Fsp3) is 0.100. The van der Waals surface area contributed by atoms with E-state index in [-0.39, 0.29) is 16.4 Å². The van der Waals surface area contributed by atoms with Crippen LogP contribution in [0.3, 0.4) is 0 Å². The topological polar surface area (TPSA) is 123 Å². The molecule has 0 spiro atoms. The molecule has 10 heteroatoms. The fourth-order valence-corrected chi connectivity index (χ4v) is 1.27. The van der Waals surface area contributed by atoms with E-state index >= 15 is 0 Å². The minimum Gasteiger partial charge on any atom is -0.452 e. The average Bonchev–Trinajstić information content (AvgIpc) is 2.44. The number of nitro groups is 1. The largest absolute Gasteiger partial charge is 0.452 e. The third-order valence-corrected chi connectivity index (χ3v) is 2.21. The van der Waals surface area contributed by atoms with Crippen LogP contribution in [0.25, 0.3) is 0 Å². The van der Waals surface area contributed by atoms with Gasteiger partial charge in [-0.1, -0.05) is 6.07 Å². The van der Waals surface area contributed by atoms with Crippen LogP contribution in [0.2, 0.25) is 0 Å². The van der Waals surface area contributed by atoms with E-state index in [1.165, 1.54) is 18.2 Å². The number of nitrogens with zero attached hydrogens (tertiary/aromatic N) is 1. The molecular weight excluding hydrogens is 288 g/mol. The van der Waals surface area contributed by atoms with E-state index in [0.717, 1.165) is 13.2 Å². The highest BCUT2D eigenvalue weighted by atomic mass is 32.1. The molecule has 0 heterocycles. The van der Waals surface area contributed by atoms with E-state index in [4.69, 9.17) is 12.2 Å². The molecule has 0 aliphatic rings. The van der Waals surface area contributed by atoms with Crippen molar-refractivity contribution in [2.24, 2.45) is 0 Å². The third kappa shape index (κ3) is 4.49. The summed E-state index contributed by atoms with van der Waals surface area (Å²) in [7, 11) is 1.15. The van der Waals surface area contributed by atoms with Gasteiger partial charge in [0.05, 0.1) is 12.0 Å². The number of hydrogen-bond acceptors (Lipinski definition) is 6. The third-order valence-electron chi connectivity index (χ3n) is 2.01. The monoisotopic (exact) mass is 298 g/mol. The summed E-state index contributed by atoms with van der Waals surface area (Å²) in [6.07, 6.45) is -0.794. The van der Waals surface area contributed by atoms with Crippen LogP contribution in [0.5, 0.6) is 0 Å². The van der Waals surface area contributed by atoms with Crippen LogP contribution >= 0.6 is 12.2 Å². The molecule has 0 fully saturated rings. The van der Waals surface area contributed by atoms with E-state index < -0.39 is 16.9 Å². The molecule has 2 amide bonds. The maximum Gasteiger partial charge on any atom is 0.425 e. The summed E-state index contributed by atoms with van der Waals surface area (Å²) in [5, 5.41) is 12.6. The van der Waals surface area contributed by atoms with Crippen LogP contribution in [0.1, 0.15) is 10.4 Å². The molecule has 3 N–H and O–H groups in total. The second kappa shape index (κ2) is 6.99. The van der Waals surface area contributed by atoms with Gasteiger partial charge in [0.15, 0.2) is 5.11 Å². The number of methoxy groups -OCH3 is 1. The minimum atomic E-state index is -0.794. The first-order valence-electron chi connectivity index (χ1n) is 5.13. The summed E-state index contributed by atoms with van der Waals surface area (Å²) >= 11 is 4.73. The van der Waals surface area contributed by atoms with Crippen molar-refractivity contribution in [1.29, 1.82) is 0 Å². The molecule has 0 aromatic heterocycles. The van der Waals surface area contributed by atoms with Crippen molar-refractivity contribution in [3.63, 3.8) is 0 Å². The van der Waals surface area contributed by atoms with Gasteiger partial charge in [-0.25, -0.2) is 10.2 Å². The number of carbonyl (C=O) groups is 2. The second-order valence-corrected chi connectivity index (χ2v) is 3.74. The van der Waals surface area contributed by atoms with Gasteiger partial charge in [0.2, 0.25) is 0 Å². The summed E-state index contributed by atoms with van der Waals surface area (Å²) in [5.41, 5.74) is 4.09. The van der Waals surface area contributed by atoms with Gasteiger partial charge < -0.3 is 4.74 Å². The van der Waals surface area contributed by atoms with Crippen LogP contribution in [0.4, 0.5) is 10.5 Å². The first-order valence-corrected chi connectivity index (χ1v) is 5.54. The molecule has 1 aromatic carbocycles. The van der Waals surface area contributed by atoms with Crippen LogP contribution in [0.15, 0.2) is 24.3 Å². The summed E-state index contributed by atoms with van der Waals surface area (Å²) in [6, 6.07) is 5.12. The molecule has 0 saturated heterocycles. The summed E-state index contributed by atoms with van der Waals surface area (Å²) in [6.45, 7) is 0. The fourth-order valence-electron chi connectivity index (χ4n) is 1.13. The first-order chi connectivity index (χ1) is 9.43. The van der Waals surface area contributed by atoms with Gasteiger partial charge in [0.25, 0.3) is 11.6 Å². The molecule has 0 atom stereocenters. The Morgan fingerprint density at radius 3 is 2.65 bits per heavy atom. The average molecular weight is 298 g/mol. The number of hydrogen-bond donors (Lipinski definition) is 3. The summed E-state index contributed by atoms with van der Waals surface area (Å²) < 4.78 is 4.27. The Morgan fingerprint density at radius 2 is 2.05 bits per heavy atom. The van der Waals surface area contributed by atoms with Crippen molar-refractivity contribution in [1.82, 2.24) is 16.2 Å². The smallest absolute Gasteiger partial charge is 0.425 e. The van der Waals surface area contributed by atoms with Gasteiger partial charge in [-0.15, -0.1) is 0 Å². The molecule has 9 nitrogen and oxygen atoms in total. The summed E-state index contributed by atoms with van der Waals surface area (Å²) in [4.78, 5) is 32.5. The predicted molar refractivity (Wildman–Crippen MR) is 71.8 cm³/mol. The molecular formula is C10H10N4O5S. The second-order valence-electron chi connectivity index (χ2n) is 3.33. The van der Waals surface area contributed by atoms with E-state index in [9.17, 15) is 19.7 Å². The zero-order chi connectivity index (χ0) is 15.1. The number of non-ortho nitro benzene ring substituents is 1. The maximum atomic E-state index is 11.7. The van der Waals surface area contributed by atoms with E-state index in [2.05, 4.69) is 15.5 Å². The van der Waals surface area contributed by atoms with E-state index in [0.29, 0.717) is 0 Å². The lowest BCUT2D eigenvalue weighted by Gasteiger charge is -2.09. The molecule has 0 radical (unpaired) electrons. The Hall–Kier alpha value is -2.75. The van der Waals surface area contributed by atoms with Gasteiger partial charge in [-0.2, -0.15) is 0 Å². The number of amides is 2. The maximum absolute atomic E-state index is 11.7. The first kappa shape index (κ1) is 15.3. The lowest BCUT2D eigenvalue weighted by molar-refractivity contribution is -0.384. The SMILES string of the molecule is COC(=O)NNC(=S)NC(=O)c1cccc([N+](=O)[O-])c1. The number of carbonyl (C=O) groups excluding carboxylic acids is 2. The van der Waals surface area contributed by atoms with E-state index in [1.54, 1.807) is 0 Å². The van der Waals surface area contributed by atoms with Crippen molar-refractivity contribution in [3.05, 3.63) is 39.9 Å². The standard InChI is InChI=1S/C10H10N4O5S/c1-19-10(16)13-12-9(20)11-8(15)6-3-2-4-7(5-6)14(17)18/h2-5H,1H3,(H,13,16)(H2,11,12,15,20). The molecule has 20 heavy (non-hydrogen) atoms. The predicted octanol–water partition coefficient (Wildman–Crippen LogP) is 0.470. The molecule has 0 bridgehead atoms. The highest BCUT2D eigenvalue weighted by Crippen LogP contribution is 2.12. The lowest BCUT2D eigenvalue weighted by atomic mass is 10.2. The van der Waals surface area contributed by atoms with Gasteiger partial charge in [0.1, 0.15) is 0 Å². The van der Waals surface area contributed by atoms with Crippen molar-refractivity contribution in [3.8, 4) is 0 Å². The van der Waals surface area contributed by atoms with E-state index in [1.807, 2.05) is 5.43 Å². The molecule has 106 valence electrons. The number of ether oxygens (including phenoxy) is 1. The molecule has 0 saturated carbocycles. The molecule has 0 aliphatic carbocycles. The molecule has 0 unspecified atom stereocenters. The summed E-state index contributed by atoms with van der Waals surface area (Å²) in [5.74, 6) is -0.655. The molecule has 1 aromatic rings. The lowest BCUT2D eigenvalue weighted by Crippen LogP contribution is -2.48. The number of hydrazine groups is 1. The Kier molecular flexibility index (Phi) is 5.35. The Balaban J connectivity index is 2.62. The van der Waals surface area contributed by atoms with Crippen LogP contribution in [-0.2, 0) is 4.74 Å². The van der Waals surface area contributed by atoms with Crippen LogP contribution < -0.4 is 16.2 Å².